The summed E-state index contributed by atoms with van der Waals surface area (Å²) in [6.45, 7) is 10.4. The lowest BCUT2D eigenvalue weighted by molar-refractivity contribution is -0.116. The minimum atomic E-state index is -0.0387. The molecule has 0 bridgehead atoms. The van der Waals surface area contributed by atoms with E-state index in [4.69, 9.17) is 9.73 Å². The fourth-order valence-electron chi connectivity index (χ4n) is 3.10. The summed E-state index contributed by atoms with van der Waals surface area (Å²) in [5.41, 5.74) is 4.05. The number of nitrogens with zero attached hydrogens (tertiary/aromatic N) is 2. The largest absolute Gasteiger partial charge is 0.491 e. The molecule has 2 aromatic carbocycles. The zero-order valence-electron chi connectivity index (χ0n) is 20.2. The van der Waals surface area contributed by atoms with Crippen LogP contribution in [0.15, 0.2) is 47.5 Å². The molecule has 3 N–H and O–H groups in total. The van der Waals surface area contributed by atoms with Crippen LogP contribution >= 0.6 is 0 Å². The van der Waals surface area contributed by atoms with Crippen LogP contribution in [0, 0.1) is 6.92 Å². The van der Waals surface area contributed by atoms with Gasteiger partial charge in [-0.05, 0) is 71.1 Å². The molecular weight excluding hydrogens is 402 g/mol. The second-order valence-corrected chi connectivity index (χ2v) is 8.31. The predicted molar refractivity (Wildman–Crippen MR) is 132 cm³/mol. The maximum absolute atomic E-state index is 12.0. The Kier molecular flexibility index (Phi) is 10.0. The molecule has 0 aliphatic rings. The quantitative estimate of drug-likeness (QED) is 0.390. The number of hydrogen-bond acceptors (Lipinski definition) is 4. The molecule has 0 aliphatic carbocycles. The summed E-state index contributed by atoms with van der Waals surface area (Å²) in [6.07, 6.45) is 0.114. The molecule has 0 spiro atoms. The molecule has 2 aromatic rings. The standard InChI is InChI=1S/C25H37N5O2/c1-7-26-25(28-16-21-12-11-19(4)13-23(21)32-18(2)3)27-15-20-9-8-10-22(14-20)29-24(31)17-30(5)6/h8-14,18H,7,15-17H2,1-6H3,(H,29,31)(H2,26,27,28). The number of aryl methyl sites for hydroxylation is 1. The van der Waals surface area contributed by atoms with E-state index in [-0.39, 0.29) is 12.0 Å². The number of likely N-dealkylation sites (N-methyl/N-ethyl adjacent to an activating group) is 1. The van der Waals surface area contributed by atoms with Crippen LogP contribution in [0.2, 0.25) is 0 Å². The molecule has 174 valence electrons. The number of rotatable bonds is 10. The highest BCUT2D eigenvalue weighted by Gasteiger charge is 2.08. The van der Waals surface area contributed by atoms with E-state index in [0.29, 0.717) is 19.6 Å². The van der Waals surface area contributed by atoms with Gasteiger partial charge in [0.1, 0.15) is 5.75 Å². The highest BCUT2D eigenvalue weighted by atomic mass is 16.5. The van der Waals surface area contributed by atoms with Gasteiger partial charge in [-0.3, -0.25) is 4.79 Å². The van der Waals surface area contributed by atoms with Crippen molar-refractivity contribution < 1.29 is 9.53 Å². The molecule has 0 heterocycles. The predicted octanol–water partition coefficient (Wildman–Crippen LogP) is 3.54. The summed E-state index contributed by atoms with van der Waals surface area (Å²) >= 11 is 0. The molecule has 0 radical (unpaired) electrons. The van der Waals surface area contributed by atoms with Crippen LogP contribution in [-0.4, -0.2) is 50.1 Å². The fourth-order valence-corrected chi connectivity index (χ4v) is 3.10. The van der Waals surface area contributed by atoms with Crippen molar-refractivity contribution >= 4 is 17.6 Å². The van der Waals surface area contributed by atoms with Crippen LogP contribution < -0.4 is 20.7 Å². The average molecular weight is 440 g/mol. The molecular formula is C25H37N5O2. The third kappa shape index (κ3) is 8.98. The second kappa shape index (κ2) is 12.7. The van der Waals surface area contributed by atoms with Gasteiger partial charge in [0.05, 0.1) is 19.2 Å². The number of nitrogens with one attached hydrogen (secondary N) is 3. The number of carbonyl (C=O) groups excluding carboxylic acids is 1. The second-order valence-electron chi connectivity index (χ2n) is 8.31. The number of amides is 1. The molecule has 7 heteroatoms. The first-order chi connectivity index (χ1) is 15.3. The van der Waals surface area contributed by atoms with E-state index in [1.54, 1.807) is 0 Å². The zero-order chi connectivity index (χ0) is 23.5. The van der Waals surface area contributed by atoms with Crippen LogP contribution in [0.1, 0.15) is 37.5 Å². The molecule has 0 fully saturated rings. The van der Waals surface area contributed by atoms with Gasteiger partial charge in [0.2, 0.25) is 5.91 Å². The van der Waals surface area contributed by atoms with E-state index in [2.05, 4.69) is 41.1 Å². The molecule has 7 nitrogen and oxygen atoms in total. The van der Waals surface area contributed by atoms with Gasteiger partial charge in [-0.25, -0.2) is 4.99 Å². The van der Waals surface area contributed by atoms with E-state index in [1.807, 2.05) is 64.0 Å². The van der Waals surface area contributed by atoms with Crippen molar-refractivity contribution in [2.45, 2.75) is 46.9 Å². The first-order valence-corrected chi connectivity index (χ1v) is 11.1. The number of anilines is 1. The maximum Gasteiger partial charge on any atom is 0.238 e. The Morgan fingerprint density at radius 2 is 1.91 bits per heavy atom. The van der Waals surface area contributed by atoms with Gasteiger partial charge in [-0.1, -0.05) is 24.3 Å². The van der Waals surface area contributed by atoms with Crippen LogP contribution in [0.25, 0.3) is 0 Å². The number of benzene rings is 2. The van der Waals surface area contributed by atoms with Gasteiger partial charge >= 0.3 is 0 Å². The van der Waals surface area contributed by atoms with Crippen LogP contribution in [-0.2, 0) is 17.9 Å². The van der Waals surface area contributed by atoms with Crippen LogP contribution in [0.5, 0.6) is 5.75 Å². The number of carbonyl (C=O) groups is 1. The van der Waals surface area contributed by atoms with Gasteiger partial charge in [-0.2, -0.15) is 0 Å². The van der Waals surface area contributed by atoms with E-state index in [0.717, 1.165) is 35.1 Å². The molecule has 2 rings (SSSR count). The Hall–Kier alpha value is -3.06. The lowest BCUT2D eigenvalue weighted by atomic mass is 10.1. The van der Waals surface area contributed by atoms with Crippen molar-refractivity contribution in [2.75, 3.05) is 32.5 Å². The SMILES string of the molecule is CCNC(=NCc1cccc(NC(=O)CN(C)C)c1)NCc1ccc(C)cc1OC(C)C. The molecule has 0 atom stereocenters. The van der Waals surface area contributed by atoms with Gasteiger partial charge in [-0.15, -0.1) is 0 Å². The molecule has 0 saturated heterocycles. The van der Waals surface area contributed by atoms with Crippen LogP contribution in [0.3, 0.4) is 0 Å². The van der Waals surface area contributed by atoms with Crippen molar-refractivity contribution in [2.24, 2.45) is 4.99 Å². The number of ether oxygens (including phenoxy) is 1. The van der Waals surface area contributed by atoms with Crippen molar-refractivity contribution in [1.82, 2.24) is 15.5 Å². The van der Waals surface area contributed by atoms with E-state index < -0.39 is 0 Å². The van der Waals surface area contributed by atoms with Gasteiger partial charge in [0, 0.05) is 24.3 Å². The molecule has 0 aliphatic heterocycles. The minimum absolute atomic E-state index is 0.0387. The third-order valence-corrected chi connectivity index (χ3v) is 4.47. The average Bonchev–Trinajstić information content (AvgIpc) is 2.70. The summed E-state index contributed by atoms with van der Waals surface area (Å²) in [6, 6.07) is 14.0. The highest BCUT2D eigenvalue weighted by Crippen LogP contribution is 2.21. The summed E-state index contributed by atoms with van der Waals surface area (Å²) in [5.74, 6) is 1.58. The minimum Gasteiger partial charge on any atom is -0.491 e. The molecule has 1 amide bonds. The molecule has 0 saturated carbocycles. The van der Waals surface area contributed by atoms with Crippen LogP contribution in [0.4, 0.5) is 5.69 Å². The summed E-state index contributed by atoms with van der Waals surface area (Å²) in [4.78, 5) is 18.6. The van der Waals surface area contributed by atoms with Crippen molar-refractivity contribution in [1.29, 1.82) is 0 Å². The normalized spacial score (nSPS) is 11.6. The first kappa shape index (κ1) is 25.2. The van der Waals surface area contributed by atoms with Gasteiger partial charge < -0.3 is 25.6 Å². The van der Waals surface area contributed by atoms with Crippen molar-refractivity contribution in [3.8, 4) is 5.75 Å². The number of aliphatic imine (C=N–C) groups is 1. The van der Waals surface area contributed by atoms with Crippen molar-refractivity contribution in [3.05, 3.63) is 59.2 Å². The van der Waals surface area contributed by atoms with E-state index in [9.17, 15) is 4.79 Å². The molecule has 0 unspecified atom stereocenters. The Labute approximate surface area is 192 Å². The van der Waals surface area contributed by atoms with Crippen molar-refractivity contribution in [3.63, 3.8) is 0 Å². The Bertz CT molecular complexity index is 909. The summed E-state index contributed by atoms with van der Waals surface area (Å²) < 4.78 is 5.98. The number of hydrogen-bond donors (Lipinski definition) is 3. The lowest BCUT2D eigenvalue weighted by Gasteiger charge is -2.17. The smallest absolute Gasteiger partial charge is 0.238 e. The zero-order valence-corrected chi connectivity index (χ0v) is 20.2. The molecule has 32 heavy (non-hydrogen) atoms. The third-order valence-electron chi connectivity index (χ3n) is 4.47. The highest BCUT2D eigenvalue weighted by molar-refractivity contribution is 5.92. The van der Waals surface area contributed by atoms with Gasteiger partial charge in [0.15, 0.2) is 5.96 Å². The molecule has 0 aromatic heterocycles. The van der Waals surface area contributed by atoms with E-state index in [1.165, 1.54) is 5.56 Å². The maximum atomic E-state index is 12.0. The lowest BCUT2D eigenvalue weighted by Crippen LogP contribution is -2.36. The summed E-state index contributed by atoms with van der Waals surface area (Å²) in [5, 5.41) is 9.60. The Morgan fingerprint density at radius 1 is 1.12 bits per heavy atom. The summed E-state index contributed by atoms with van der Waals surface area (Å²) in [7, 11) is 3.74. The van der Waals surface area contributed by atoms with E-state index >= 15 is 0 Å². The number of guanidine groups is 1. The first-order valence-electron chi connectivity index (χ1n) is 11.1. The van der Waals surface area contributed by atoms with Gasteiger partial charge in [0.25, 0.3) is 0 Å². The Morgan fingerprint density at radius 3 is 2.59 bits per heavy atom. The Balaban J connectivity index is 2.05. The topological polar surface area (TPSA) is 78.0 Å². The monoisotopic (exact) mass is 439 g/mol. The fraction of sp³-hybridized carbons (Fsp3) is 0.440.